The third-order valence-corrected chi connectivity index (χ3v) is 3.37. The monoisotopic (exact) mass is 267 g/mol. The summed E-state index contributed by atoms with van der Waals surface area (Å²) in [4.78, 5) is 12.1. The van der Waals surface area contributed by atoms with Crippen LogP contribution in [0, 0.1) is 6.92 Å². The molecule has 2 nitrogen and oxygen atoms in total. The third kappa shape index (κ3) is 4.23. The predicted octanol–water partition coefficient (Wildman–Crippen LogP) is 3.75. The van der Waals surface area contributed by atoms with Crippen molar-refractivity contribution in [3.63, 3.8) is 0 Å². The zero-order valence-corrected chi connectivity index (χ0v) is 12.1. The molecule has 2 aromatic rings. The van der Waals surface area contributed by atoms with Gasteiger partial charge in [0.1, 0.15) is 0 Å². The number of rotatable bonds is 5. The van der Waals surface area contributed by atoms with E-state index >= 15 is 0 Å². The van der Waals surface area contributed by atoms with Crippen LogP contribution >= 0.6 is 0 Å². The third-order valence-electron chi connectivity index (χ3n) is 3.37. The molecule has 0 bridgehead atoms. The predicted molar refractivity (Wildman–Crippen MR) is 82.9 cm³/mol. The van der Waals surface area contributed by atoms with Crippen LogP contribution in [0.3, 0.4) is 0 Å². The smallest absolute Gasteiger partial charge is 0.251 e. The molecule has 2 heteroatoms. The first-order valence-corrected chi connectivity index (χ1v) is 7.06. The lowest BCUT2D eigenvalue weighted by atomic mass is 10.1. The lowest BCUT2D eigenvalue weighted by Crippen LogP contribution is -2.32. The van der Waals surface area contributed by atoms with Gasteiger partial charge in [0.2, 0.25) is 0 Å². The highest BCUT2D eigenvalue weighted by molar-refractivity contribution is 5.94. The molecule has 0 unspecified atom stereocenters. The fourth-order valence-electron chi connectivity index (χ4n) is 2.19. The molecular formula is C18H21NO. The summed E-state index contributed by atoms with van der Waals surface area (Å²) in [5, 5.41) is 3.05. The van der Waals surface area contributed by atoms with Crippen LogP contribution in [-0.2, 0) is 6.42 Å². The summed E-state index contributed by atoms with van der Waals surface area (Å²) < 4.78 is 0. The zero-order chi connectivity index (χ0) is 14.4. The average molecular weight is 267 g/mol. The van der Waals surface area contributed by atoms with Crippen molar-refractivity contribution in [2.75, 3.05) is 0 Å². The topological polar surface area (TPSA) is 29.1 Å². The molecule has 0 aliphatic carbocycles. The molecule has 2 rings (SSSR count). The Morgan fingerprint density at radius 2 is 1.85 bits per heavy atom. The van der Waals surface area contributed by atoms with Crippen molar-refractivity contribution in [2.24, 2.45) is 0 Å². The van der Waals surface area contributed by atoms with E-state index in [0.717, 1.165) is 24.0 Å². The zero-order valence-electron chi connectivity index (χ0n) is 12.1. The number of amides is 1. The van der Waals surface area contributed by atoms with Crippen LogP contribution in [0.2, 0.25) is 0 Å². The van der Waals surface area contributed by atoms with Gasteiger partial charge in [0, 0.05) is 11.6 Å². The second-order valence-electron chi connectivity index (χ2n) is 5.27. The average Bonchev–Trinajstić information content (AvgIpc) is 2.46. The molecule has 104 valence electrons. The van der Waals surface area contributed by atoms with E-state index < -0.39 is 0 Å². The highest BCUT2D eigenvalue weighted by Crippen LogP contribution is 2.07. The van der Waals surface area contributed by atoms with E-state index in [4.69, 9.17) is 0 Å². The van der Waals surface area contributed by atoms with Crippen molar-refractivity contribution in [1.82, 2.24) is 5.32 Å². The van der Waals surface area contributed by atoms with E-state index in [-0.39, 0.29) is 11.9 Å². The standard InChI is InChI=1S/C18H21NO/c1-14-7-6-10-17(13-14)18(20)19-15(2)11-12-16-8-4-3-5-9-16/h3-10,13,15H,11-12H2,1-2H3,(H,19,20)/t15-/m0/s1. The second kappa shape index (κ2) is 6.90. The Bertz CT molecular complexity index is 563. The molecule has 1 atom stereocenters. The summed E-state index contributed by atoms with van der Waals surface area (Å²) in [7, 11) is 0. The molecular weight excluding hydrogens is 246 g/mol. The van der Waals surface area contributed by atoms with Gasteiger partial charge in [-0.2, -0.15) is 0 Å². The summed E-state index contributed by atoms with van der Waals surface area (Å²) in [5.41, 5.74) is 3.15. The van der Waals surface area contributed by atoms with Gasteiger partial charge in [0.05, 0.1) is 0 Å². The van der Waals surface area contributed by atoms with Crippen molar-refractivity contribution < 1.29 is 4.79 Å². The van der Waals surface area contributed by atoms with Crippen molar-refractivity contribution >= 4 is 5.91 Å². The minimum Gasteiger partial charge on any atom is -0.350 e. The largest absolute Gasteiger partial charge is 0.350 e. The number of aryl methyl sites for hydroxylation is 2. The van der Waals surface area contributed by atoms with Gasteiger partial charge < -0.3 is 5.32 Å². The summed E-state index contributed by atoms with van der Waals surface area (Å²) in [6.07, 6.45) is 1.93. The maximum Gasteiger partial charge on any atom is 0.251 e. The molecule has 0 aliphatic heterocycles. The minimum atomic E-state index is 0.00858. The molecule has 0 aliphatic rings. The van der Waals surface area contributed by atoms with E-state index in [1.807, 2.05) is 49.4 Å². The Balaban J connectivity index is 1.85. The summed E-state index contributed by atoms with van der Waals surface area (Å²) in [6.45, 7) is 4.05. The molecule has 0 saturated heterocycles. The van der Waals surface area contributed by atoms with Gasteiger partial charge in [0.15, 0.2) is 0 Å². The first-order valence-electron chi connectivity index (χ1n) is 7.06. The number of carbonyl (C=O) groups excluding carboxylic acids is 1. The molecule has 2 aromatic carbocycles. The Morgan fingerprint density at radius 3 is 2.55 bits per heavy atom. The van der Waals surface area contributed by atoms with Crippen molar-refractivity contribution in [2.45, 2.75) is 32.7 Å². The molecule has 1 amide bonds. The Morgan fingerprint density at radius 1 is 1.10 bits per heavy atom. The van der Waals surface area contributed by atoms with Gasteiger partial charge in [-0.25, -0.2) is 0 Å². The minimum absolute atomic E-state index is 0.00858. The van der Waals surface area contributed by atoms with Crippen LogP contribution < -0.4 is 5.32 Å². The van der Waals surface area contributed by atoms with Crippen molar-refractivity contribution in [1.29, 1.82) is 0 Å². The van der Waals surface area contributed by atoms with Crippen molar-refractivity contribution in [3.05, 3.63) is 71.3 Å². The Labute approximate surface area is 120 Å². The normalized spacial score (nSPS) is 11.9. The number of carbonyl (C=O) groups is 1. The van der Waals surface area contributed by atoms with Gasteiger partial charge in [0.25, 0.3) is 5.91 Å². The number of benzene rings is 2. The van der Waals surface area contributed by atoms with Crippen molar-refractivity contribution in [3.8, 4) is 0 Å². The SMILES string of the molecule is Cc1cccc(C(=O)N[C@@H](C)CCc2ccccc2)c1. The molecule has 0 radical (unpaired) electrons. The van der Waals surface area contributed by atoms with Gasteiger partial charge in [-0.05, 0) is 44.4 Å². The number of hydrogen-bond acceptors (Lipinski definition) is 1. The maximum absolute atomic E-state index is 12.1. The molecule has 20 heavy (non-hydrogen) atoms. The van der Waals surface area contributed by atoms with E-state index in [1.54, 1.807) is 0 Å². The molecule has 0 spiro atoms. The van der Waals surface area contributed by atoms with Crippen LogP contribution in [0.4, 0.5) is 0 Å². The summed E-state index contributed by atoms with van der Waals surface area (Å²) in [5.74, 6) is 0.00858. The number of nitrogens with one attached hydrogen (secondary N) is 1. The maximum atomic E-state index is 12.1. The fraction of sp³-hybridized carbons (Fsp3) is 0.278. The lowest BCUT2D eigenvalue weighted by molar-refractivity contribution is 0.0938. The van der Waals surface area contributed by atoms with Gasteiger partial charge in [-0.1, -0.05) is 48.0 Å². The first-order chi connectivity index (χ1) is 9.65. The lowest BCUT2D eigenvalue weighted by Gasteiger charge is -2.14. The number of hydrogen-bond donors (Lipinski definition) is 1. The van der Waals surface area contributed by atoms with Gasteiger partial charge in [-0.3, -0.25) is 4.79 Å². The van der Waals surface area contributed by atoms with E-state index in [2.05, 4.69) is 24.4 Å². The molecule has 1 N–H and O–H groups in total. The molecule has 0 aromatic heterocycles. The Kier molecular flexibility index (Phi) is 4.94. The van der Waals surface area contributed by atoms with Gasteiger partial charge >= 0.3 is 0 Å². The van der Waals surface area contributed by atoms with Crippen LogP contribution in [0.1, 0.15) is 34.8 Å². The molecule has 0 saturated carbocycles. The second-order valence-corrected chi connectivity index (χ2v) is 5.27. The highest BCUT2D eigenvalue weighted by Gasteiger charge is 2.09. The van der Waals surface area contributed by atoms with E-state index in [9.17, 15) is 4.79 Å². The van der Waals surface area contributed by atoms with E-state index in [1.165, 1.54) is 5.56 Å². The first kappa shape index (κ1) is 14.3. The van der Waals surface area contributed by atoms with E-state index in [0.29, 0.717) is 0 Å². The van der Waals surface area contributed by atoms with Gasteiger partial charge in [-0.15, -0.1) is 0 Å². The molecule has 0 heterocycles. The summed E-state index contributed by atoms with van der Waals surface area (Å²) in [6, 6.07) is 18.2. The van der Waals surface area contributed by atoms with Crippen LogP contribution in [0.15, 0.2) is 54.6 Å². The quantitative estimate of drug-likeness (QED) is 0.878. The molecule has 0 fully saturated rings. The van der Waals surface area contributed by atoms with Crippen LogP contribution in [0.5, 0.6) is 0 Å². The van der Waals surface area contributed by atoms with Crippen LogP contribution in [-0.4, -0.2) is 11.9 Å². The Hall–Kier alpha value is -2.09. The van der Waals surface area contributed by atoms with Crippen LogP contribution in [0.25, 0.3) is 0 Å². The summed E-state index contributed by atoms with van der Waals surface area (Å²) >= 11 is 0. The fourth-order valence-corrected chi connectivity index (χ4v) is 2.19. The highest BCUT2D eigenvalue weighted by atomic mass is 16.1.